The molecule has 0 heterocycles. The minimum Gasteiger partial charge on any atom is -0.572 e. The second kappa shape index (κ2) is 11.4. The molecule has 0 bridgehead atoms. The highest BCUT2D eigenvalue weighted by atomic mass is 16.8. The van der Waals surface area contributed by atoms with Crippen molar-refractivity contribution in [3.05, 3.63) is 5.21 Å². The molecule has 1 unspecified atom stereocenters. The summed E-state index contributed by atoms with van der Waals surface area (Å²) in [5.41, 5.74) is -0.940. The maximum Gasteiger partial charge on any atom is 0.303 e. The molecule has 0 amide bonds. The van der Waals surface area contributed by atoms with E-state index < -0.39 is 28.4 Å². The van der Waals surface area contributed by atoms with E-state index in [0.717, 1.165) is 18.8 Å². The first-order valence-corrected chi connectivity index (χ1v) is 15.4. The third-order valence-corrected chi connectivity index (χ3v) is 11.7. The molecule has 0 aliphatic heterocycles. The first-order chi connectivity index (χ1) is 18.2. The van der Waals surface area contributed by atoms with Crippen molar-refractivity contribution in [2.45, 2.75) is 131 Å². The van der Waals surface area contributed by atoms with Crippen molar-refractivity contribution in [2.75, 3.05) is 0 Å². The second-order valence-corrected chi connectivity index (χ2v) is 14.3. The molecule has 39 heavy (non-hydrogen) atoms. The normalized spacial score (nSPS) is 42.3. The van der Waals surface area contributed by atoms with Crippen LogP contribution in [0.3, 0.4) is 0 Å². The zero-order valence-corrected chi connectivity index (χ0v) is 25.3. The van der Waals surface area contributed by atoms with E-state index in [2.05, 4.69) is 39.7 Å². The van der Waals surface area contributed by atoms with E-state index in [0.29, 0.717) is 54.6 Å². The molecule has 0 aromatic rings. The van der Waals surface area contributed by atoms with Gasteiger partial charge in [0.25, 0.3) is 0 Å². The van der Waals surface area contributed by atoms with Gasteiger partial charge in [-0.2, -0.15) is 5.21 Å². The highest BCUT2D eigenvalue weighted by Gasteiger charge is 2.69. The standard InChI is InChI=1S/C31H52N2O6/c1-19(2)9-8-10-20(3)25-11-12-26-24-17-28(32-33(36)37)31(39-22(5)35)18-23(38-21(4)34)13-16-30(31,7)27(24)14-15-29(25,26)6/h19-20,23-27,33,36H,8-18H2,1-7H3/b32-28+/t20-,23+,24-,25-,26-,27-,29-,30-,31+/m1/s1. The number of rotatable bonds is 8. The predicted molar refractivity (Wildman–Crippen MR) is 149 cm³/mol. The van der Waals surface area contributed by atoms with Gasteiger partial charge in [0, 0.05) is 25.7 Å². The lowest BCUT2D eigenvalue weighted by atomic mass is 9.42. The third-order valence-electron chi connectivity index (χ3n) is 11.7. The van der Waals surface area contributed by atoms with Crippen LogP contribution in [0, 0.1) is 51.5 Å². The summed E-state index contributed by atoms with van der Waals surface area (Å²) in [6.45, 7) is 14.5. The van der Waals surface area contributed by atoms with Crippen LogP contribution in [0.2, 0.25) is 0 Å². The molecule has 8 heteroatoms. The van der Waals surface area contributed by atoms with Crippen LogP contribution in [0.15, 0.2) is 5.10 Å². The summed E-state index contributed by atoms with van der Waals surface area (Å²) in [5.74, 6) is 2.40. The van der Waals surface area contributed by atoms with Crippen molar-refractivity contribution >= 4 is 17.7 Å². The number of nitrogens with one attached hydrogen (secondary N) is 1. The molecule has 4 aliphatic rings. The number of carbonyl (C=O) groups is 2. The van der Waals surface area contributed by atoms with Crippen LogP contribution in [0.1, 0.15) is 119 Å². The molecule has 8 nitrogen and oxygen atoms in total. The molecule has 4 fully saturated rings. The highest BCUT2D eigenvalue weighted by molar-refractivity contribution is 5.96. The van der Waals surface area contributed by atoms with Crippen molar-refractivity contribution in [3.63, 3.8) is 0 Å². The molecule has 0 radical (unpaired) electrons. The van der Waals surface area contributed by atoms with Gasteiger partial charge in [-0.05, 0) is 85.9 Å². The molecule has 0 aromatic carbocycles. The lowest BCUT2D eigenvalue weighted by Gasteiger charge is -2.64. The fourth-order valence-electron chi connectivity index (χ4n) is 10.1. The highest BCUT2D eigenvalue weighted by Crippen LogP contribution is 2.69. The van der Waals surface area contributed by atoms with Gasteiger partial charge in [-0.15, -0.1) is 5.34 Å². The van der Waals surface area contributed by atoms with Gasteiger partial charge in [-0.25, -0.2) is 0 Å². The number of hydrogen-bond donors (Lipinski definition) is 2. The van der Waals surface area contributed by atoms with E-state index in [9.17, 15) is 20.0 Å². The van der Waals surface area contributed by atoms with E-state index in [-0.39, 0.29) is 17.8 Å². The maximum atomic E-state index is 12.6. The minimum atomic E-state index is -1.26. The van der Waals surface area contributed by atoms with Gasteiger partial charge in [0.1, 0.15) is 11.8 Å². The Labute approximate surface area is 234 Å². The van der Waals surface area contributed by atoms with Crippen LogP contribution < -0.4 is 5.34 Å². The smallest absolute Gasteiger partial charge is 0.303 e. The molecule has 222 valence electrons. The van der Waals surface area contributed by atoms with Gasteiger partial charge >= 0.3 is 11.9 Å². The molecule has 10 atom stereocenters. The summed E-state index contributed by atoms with van der Waals surface area (Å²) in [6, 6.07) is 0. The summed E-state index contributed by atoms with van der Waals surface area (Å²) in [4.78, 5) is 24.4. The monoisotopic (exact) mass is 548 g/mol. The van der Waals surface area contributed by atoms with Crippen molar-refractivity contribution in [1.82, 2.24) is 0 Å². The summed E-state index contributed by atoms with van der Waals surface area (Å²) in [6.07, 6.45) is 10.2. The zero-order chi connectivity index (χ0) is 28.8. The topological polar surface area (TPSA) is 113 Å². The van der Waals surface area contributed by atoms with Gasteiger partial charge in [0.2, 0.25) is 0 Å². The molecule has 4 aliphatic carbocycles. The molecule has 0 saturated heterocycles. The molecule has 2 N–H and O–H groups in total. The first kappa shape index (κ1) is 30.4. The van der Waals surface area contributed by atoms with Crippen LogP contribution in [0.25, 0.3) is 0 Å². The van der Waals surface area contributed by atoms with Crippen LogP contribution in [-0.2, 0) is 19.1 Å². The van der Waals surface area contributed by atoms with Crippen molar-refractivity contribution < 1.29 is 29.6 Å². The SMILES string of the molecule is CC(=O)O[C@H]1CC[C@]2(C)[C@@H]3CC[C@@]4(C)[C@H](CC[C@@H]4[C@H](C)CCCC(C)C)[C@H]3C/C(=N\[NH+]([O-])O)[C@@]2(OC(C)=O)C1. The van der Waals surface area contributed by atoms with E-state index in [1.54, 1.807) is 0 Å². The Morgan fingerprint density at radius 2 is 1.77 bits per heavy atom. The number of fused-ring (bicyclic) bond motifs is 5. The maximum absolute atomic E-state index is 12.6. The second-order valence-electron chi connectivity index (χ2n) is 14.3. The lowest BCUT2D eigenvalue weighted by Crippen LogP contribution is -3.00. The summed E-state index contributed by atoms with van der Waals surface area (Å²) in [5, 5.41) is 24.8. The summed E-state index contributed by atoms with van der Waals surface area (Å²) < 4.78 is 11.8. The van der Waals surface area contributed by atoms with Gasteiger partial charge in [-0.3, -0.25) is 9.59 Å². The largest absolute Gasteiger partial charge is 0.572 e. The predicted octanol–water partition coefficient (Wildman–Crippen LogP) is 5.46. The van der Waals surface area contributed by atoms with Crippen LogP contribution in [0.5, 0.6) is 0 Å². The minimum absolute atomic E-state index is 0.236. The number of nitrogens with zero attached hydrogens (tertiary/aromatic N) is 1. The average molecular weight is 549 g/mol. The van der Waals surface area contributed by atoms with E-state index in [1.165, 1.54) is 46.0 Å². The fourth-order valence-corrected chi connectivity index (χ4v) is 10.1. The van der Waals surface area contributed by atoms with Gasteiger partial charge in [-0.1, -0.05) is 59.0 Å². The first-order valence-electron chi connectivity index (χ1n) is 15.4. The van der Waals surface area contributed by atoms with Crippen LogP contribution in [-0.4, -0.2) is 34.6 Å². The van der Waals surface area contributed by atoms with E-state index in [4.69, 9.17) is 9.47 Å². The quantitative estimate of drug-likeness (QED) is 0.308. The number of hydrogen-bond acceptors (Lipinski definition) is 7. The Hall–Kier alpha value is -1.51. The van der Waals surface area contributed by atoms with Crippen LogP contribution in [0.4, 0.5) is 0 Å². The Bertz CT molecular complexity index is 951. The molecule has 4 rings (SSSR count). The summed E-state index contributed by atoms with van der Waals surface area (Å²) in [7, 11) is 0. The Kier molecular flexibility index (Phi) is 8.90. The average Bonchev–Trinajstić information content (AvgIpc) is 3.16. The summed E-state index contributed by atoms with van der Waals surface area (Å²) >= 11 is 0. The number of esters is 2. The molecule has 4 saturated carbocycles. The zero-order valence-electron chi connectivity index (χ0n) is 25.3. The molecule has 0 aromatic heterocycles. The molecule has 0 spiro atoms. The van der Waals surface area contributed by atoms with E-state index >= 15 is 0 Å². The third kappa shape index (κ3) is 5.54. The lowest BCUT2D eigenvalue weighted by molar-refractivity contribution is -1.05. The number of quaternary nitrogens is 1. The van der Waals surface area contributed by atoms with E-state index in [1.807, 2.05) is 0 Å². The van der Waals surface area contributed by atoms with Crippen molar-refractivity contribution in [1.29, 1.82) is 0 Å². The van der Waals surface area contributed by atoms with Crippen LogP contribution >= 0.6 is 0 Å². The Morgan fingerprint density at radius 3 is 2.38 bits per heavy atom. The molecular weight excluding hydrogens is 496 g/mol. The number of ether oxygens (including phenoxy) is 2. The van der Waals surface area contributed by atoms with Crippen molar-refractivity contribution in [2.24, 2.45) is 51.4 Å². The van der Waals surface area contributed by atoms with Gasteiger partial charge in [0.05, 0.1) is 0 Å². The van der Waals surface area contributed by atoms with Gasteiger partial charge < -0.3 is 14.7 Å². The van der Waals surface area contributed by atoms with Crippen molar-refractivity contribution in [3.8, 4) is 0 Å². The van der Waals surface area contributed by atoms with Gasteiger partial charge in [0.15, 0.2) is 5.60 Å². The molecular formula is C31H52N2O6. The Morgan fingerprint density at radius 1 is 1.05 bits per heavy atom. The number of carbonyl (C=O) groups excluding carboxylic acids is 2. The Balaban J connectivity index is 1.68. The fraction of sp³-hybridized carbons (Fsp3) is 0.903.